The summed E-state index contributed by atoms with van der Waals surface area (Å²) >= 11 is 0. The molecule has 134 valence electrons. The molecular formula is C19H26N4O2. The Balaban J connectivity index is 1.49. The van der Waals surface area contributed by atoms with E-state index in [1.807, 2.05) is 6.07 Å². The zero-order valence-electron chi connectivity index (χ0n) is 14.9. The van der Waals surface area contributed by atoms with E-state index in [1.165, 1.54) is 12.8 Å². The van der Waals surface area contributed by atoms with Crippen molar-refractivity contribution in [2.45, 2.75) is 19.4 Å². The molecule has 6 nitrogen and oxygen atoms in total. The summed E-state index contributed by atoms with van der Waals surface area (Å²) in [5, 5.41) is 0.727. The zero-order chi connectivity index (χ0) is 17.2. The number of nitrogens with zero attached hydrogens (tertiary/aromatic N) is 4. The summed E-state index contributed by atoms with van der Waals surface area (Å²) in [6, 6.07) is 6.07. The van der Waals surface area contributed by atoms with Crippen molar-refractivity contribution in [1.29, 1.82) is 0 Å². The molecule has 1 aliphatic heterocycles. The van der Waals surface area contributed by atoms with Crippen molar-refractivity contribution in [2.24, 2.45) is 5.92 Å². The molecule has 0 N–H and O–H groups in total. The average molecular weight is 342 g/mol. The van der Waals surface area contributed by atoms with Gasteiger partial charge in [-0.05, 0) is 37.0 Å². The maximum atomic E-state index is 12.6. The number of ether oxygens (including phenoxy) is 1. The predicted octanol–water partition coefficient (Wildman–Crippen LogP) is 1.57. The summed E-state index contributed by atoms with van der Waals surface area (Å²) in [6.45, 7) is 6.65. The van der Waals surface area contributed by atoms with Crippen LogP contribution in [0.4, 0.5) is 5.69 Å². The molecule has 2 aromatic rings. The van der Waals surface area contributed by atoms with E-state index in [4.69, 9.17) is 4.74 Å². The van der Waals surface area contributed by atoms with E-state index in [1.54, 1.807) is 18.0 Å². The van der Waals surface area contributed by atoms with Crippen LogP contribution in [0.5, 0.6) is 0 Å². The van der Waals surface area contributed by atoms with E-state index in [-0.39, 0.29) is 5.56 Å². The molecule has 2 fully saturated rings. The highest BCUT2D eigenvalue weighted by atomic mass is 16.5. The molecule has 6 heteroatoms. The van der Waals surface area contributed by atoms with Crippen molar-refractivity contribution in [3.05, 3.63) is 34.9 Å². The number of hydrogen-bond donors (Lipinski definition) is 0. The zero-order valence-corrected chi connectivity index (χ0v) is 14.9. The summed E-state index contributed by atoms with van der Waals surface area (Å²) in [5.41, 5.74) is 2.05. The molecule has 0 unspecified atom stereocenters. The molecule has 0 radical (unpaired) electrons. The van der Waals surface area contributed by atoms with Crippen molar-refractivity contribution in [2.75, 3.05) is 51.3 Å². The van der Waals surface area contributed by atoms with Gasteiger partial charge < -0.3 is 9.64 Å². The van der Waals surface area contributed by atoms with Crippen molar-refractivity contribution in [3.63, 3.8) is 0 Å². The number of aromatic nitrogens is 2. The van der Waals surface area contributed by atoms with E-state index >= 15 is 0 Å². The molecule has 4 rings (SSSR count). The second kappa shape index (κ2) is 7.14. The summed E-state index contributed by atoms with van der Waals surface area (Å²) in [5.74, 6) is 0.672. The Hall–Kier alpha value is -1.92. The number of fused-ring (bicyclic) bond motifs is 1. The van der Waals surface area contributed by atoms with Gasteiger partial charge in [0.15, 0.2) is 0 Å². The topological polar surface area (TPSA) is 50.6 Å². The molecule has 0 amide bonds. The minimum atomic E-state index is 0.0906. The summed E-state index contributed by atoms with van der Waals surface area (Å²) in [4.78, 5) is 22.0. The first-order valence-electron chi connectivity index (χ1n) is 9.20. The number of piperazine rings is 1. The first-order chi connectivity index (χ1) is 12.2. The van der Waals surface area contributed by atoms with Gasteiger partial charge in [-0.15, -0.1) is 0 Å². The fourth-order valence-electron chi connectivity index (χ4n) is 3.50. The summed E-state index contributed by atoms with van der Waals surface area (Å²) in [7, 11) is 1.75. The molecule has 0 bridgehead atoms. The lowest BCUT2D eigenvalue weighted by Crippen LogP contribution is -2.47. The third kappa shape index (κ3) is 3.70. The highest BCUT2D eigenvalue weighted by Crippen LogP contribution is 2.30. The van der Waals surface area contributed by atoms with Crippen LogP contribution in [0.15, 0.2) is 29.3 Å². The van der Waals surface area contributed by atoms with Gasteiger partial charge in [-0.25, -0.2) is 4.98 Å². The van der Waals surface area contributed by atoms with Crippen LogP contribution < -0.4 is 10.5 Å². The summed E-state index contributed by atoms with van der Waals surface area (Å²) in [6.07, 6.45) is 4.19. The smallest absolute Gasteiger partial charge is 0.261 e. The number of methoxy groups -OCH3 is 1. The summed E-state index contributed by atoms with van der Waals surface area (Å²) < 4.78 is 6.93. The highest BCUT2D eigenvalue weighted by Gasteiger charge is 2.23. The Kier molecular flexibility index (Phi) is 4.72. The second-order valence-electron chi connectivity index (χ2n) is 7.17. The van der Waals surface area contributed by atoms with Crippen molar-refractivity contribution in [1.82, 2.24) is 14.5 Å². The van der Waals surface area contributed by atoms with E-state index in [2.05, 4.69) is 26.9 Å². The van der Waals surface area contributed by atoms with Crippen LogP contribution in [0.25, 0.3) is 10.9 Å². The third-order valence-electron chi connectivity index (χ3n) is 5.31. The van der Waals surface area contributed by atoms with Crippen LogP contribution in [0, 0.1) is 5.92 Å². The van der Waals surface area contributed by atoms with E-state index < -0.39 is 0 Å². The molecule has 0 atom stereocenters. The molecule has 2 aliphatic rings. The van der Waals surface area contributed by atoms with Crippen LogP contribution >= 0.6 is 0 Å². The third-order valence-corrected chi connectivity index (χ3v) is 5.31. The Morgan fingerprint density at radius 3 is 2.72 bits per heavy atom. The van der Waals surface area contributed by atoms with Gasteiger partial charge in [-0.3, -0.25) is 14.3 Å². The van der Waals surface area contributed by atoms with Crippen LogP contribution in [0.3, 0.4) is 0 Å². The SMILES string of the molecule is COCCN1CCN(c2ccc3c(=O)n(CC4CC4)cnc3c2)CC1. The Morgan fingerprint density at radius 1 is 1.20 bits per heavy atom. The molecule has 2 heterocycles. The van der Waals surface area contributed by atoms with Gasteiger partial charge >= 0.3 is 0 Å². The minimum absolute atomic E-state index is 0.0906. The fraction of sp³-hybridized carbons (Fsp3) is 0.579. The number of anilines is 1. The van der Waals surface area contributed by atoms with Crippen molar-refractivity contribution in [3.8, 4) is 0 Å². The second-order valence-corrected chi connectivity index (χ2v) is 7.17. The molecule has 1 saturated carbocycles. The van der Waals surface area contributed by atoms with Gasteiger partial charge in [0.25, 0.3) is 5.56 Å². The first kappa shape index (κ1) is 16.5. The van der Waals surface area contributed by atoms with Crippen molar-refractivity contribution < 1.29 is 4.74 Å². The van der Waals surface area contributed by atoms with Crippen LogP contribution in [0.2, 0.25) is 0 Å². The lowest BCUT2D eigenvalue weighted by molar-refractivity contribution is 0.144. The lowest BCUT2D eigenvalue weighted by atomic mass is 10.2. The van der Waals surface area contributed by atoms with Gasteiger partial charge in [0, 0.05) is 52.1 Å². The van der Waals surface area contributed by atoms with Crippen molar-refractivity contribution >= 4 is 16.6 Å². The Morgan fingerprint density at radius 2 is 2.00 bits per heavy atom. The number of hydrogen-bond acceptors (Lipinski definition) is 5. The van der Waals surface area contributed by atoms with Gasteiger partial charge in [-0.2, -0.15) is 0 Å². The van der Waals surface area contributed by atoms with Gasteiger partial charge in [0.1, 0.15) is 0 Å². The fourth-order valence-corrected chi connectivity index (χ4v) is 3.50. The quantitative estimate of drug-likeness (QED) is 0.798. The Labute approximate surface area is 148 Å². The maximum absolute atomic E-state index is 12.6. The monoisotopic (exact) mass is 342 g/mol. The largest absolute Gasteiger partial charge is 0.383 e. The van der Waals surface area contributed by atoms with Gasteiger partial charge in [0.05, 0.1) is 23.8 Å². The average Bonchev–Trinajstić information content (AvgIpc) is 3.47. The maximum Gasteiger partial charge on any atom is 0.261 e. The number of rotatable bonds is 6. The normalized spacial score (nSPS) is 18.8. The lowest BCUT2D eigenvalue weighted by Gasteiger charge is -2.36. The highest BCUT2D eigenvalue weighted by molar-refractivity contribution is 5.81. The van der Waals surface area contributed by atoms with Gasteiger partial charge in [-0.1, -0.05) is 0 Å². The Bertz CT molecular complexity index is 792. The molecule has 0 spiro atoms. The molecule has 1 aromatic carbocycles. The molecule has 1 aromatic heterocycles. The first-order valence-corrected chi connectivity index (χ1v) is 9.20. The molecule has 1 saturated heterocycles. The van der Waals surface area contributed by atoms with Crippen LogP contribution in [0.1, 0.15) is 12.8 Å². The van der Waals surface area contributed by atoms with E-state index in [0.717, 1.165) is 62.5 Å². The molecule has 25 heavy (non-hydrogen) atoms. The number of benzene rings is 1. The van der Waals surface area contributed by atoms with Gasteiger partial charge in [0.2, 0.25) is 0 Å². The standard InChI is InChI=1S/C19H26N4O2/c1-25-11-10-21-6-8-22(9-7-21)16-4-5-17-18(12-16)20-14-23(19(17)24)13-15-2-3-15/h4-5,12,14-15H,2-3,6-11,13H2,1H3. The van der Waals surface area contributed by atoms with Crippen LogP contribution in [-0.4, -0.2) is 60.9 Å². The van der Waals surface area contributed by atoms with Crippen LogP contribution in [-0.2, 0) is 11.3 Å². The minimum Gasteiger partial charge on any atom is -0.383 e. The molecular weight excluding hydrogens is 316 g/mol. The molecule has 1 aliphatic carbocycles. The van der Waals surface area contributed by atoms with E-state index in [0.29, 0.717) is 5.92 Å². The predicted molar refractivity (Wildman–Crippen MR) is 99.3 cm³/mol. The van der Waals surface area contributed by atoms with E-state index in [9.17, 15) is 4.79 Å².